The summed E-state index contributed by atoms with van der Waals surface area (Å²) in [6, 6.07) is 26.5. The zero-order valence-electron chi connectivity index (χ0n) is 30.7. The molecule has 5 aromatic carbocycles. The molecule has 2 aromatic heterocycles. The van der Waals surface area contributed by atoms with E-state index in [0.29, 0.717) is 0 Å². The molecule has 0 spiro atoms. The van der Waals surface area contributed by atoms with Gasteiger partial charge in [0.15, 0.2) is 34.9 Å². The molecule has 58 heavy (non-hydrogen) atoms. The first-order valence-electron chi connectivity index (χ1n) is 16.9. The molecular weight excluding hydrogens is 1430 g/mol. The number of nitrogens with zero attached hydrogens (tertiary/aromatic N) is 2. The van der Waals surface area contributed by atoms with E-state index in [2.05, 4.69) is 110 Å². The van der Waals surface area contributed by atoms with Crippen LogP contribution in [0.4, 0.5) is 26.3 Å². The van der Waals surface area contributed by atoms with Gasteiger partial charge in [-0.05, 0) is 254 Å². The molecule has 0 saturated carbocycles. The molecule has 0 amide bonds. The second-order valence-electron chi connectivity index (χ2n) is 12.8. The van der Waals surface area contributed by atoms with Gasteiger partial charge in [0.1, 0.15) is 0 Å². The maximum atomic E-state index is 12.9. The minimum absolute atomic E-state index is 0.164. The number of hydrogen-bond acceptors (Lipinski definition) is 2. The van der Waals surface area contributed by atoms with Gasteiger partial charge in [-0.25, -0.2) is 26.3 Å². The quantitative estimate of drug-likeness (QED) is 0.0760. The van der Waals surface area contributed by atoms with Crippen molar-refractivity contribution in [1.82, 2.24) is 9.97 Å². The van der Waals surface area contributed by atoms with E-state index < -0.39 is 34.9 Å². The van der Waals surface area contributed by atoms with Gasteiger partial charge in [0.25, 0.3) is 0 Å². The van der Waals surface area contributed by atoms with E-state index in [4.69, 9.17) is 0 Å². The molecule has 0 N–H and O–H groups in total. The molecule has 0 unspecified atom stereocenters. The van der Waals surface area contributed by atoms with E-state index in [1.807, 2.05) is 24.8 Å². The van der Waals surface area contributed by atoms with Crippen LogP contribution in [0.5, 0.6) is 0 Å². The molecule has 2 heterocycles. The second kappa shape index (κ2) is 21.0. The maximum Gasteiger partial charge on any atom is 0.155 e. The Hall–Kier alpha value is -1.64. The lowest BCUT2D eigenvalue weighted by Gasteiger charge is -2.15. The van der Waals surface area contributed by atoms with E-state index in [0.717, 1.165) is 0 Å². The fraction of sp³-hybridized carbons (Fsp3) is 0.0909. The summed E-state index contributed by atoms with van der Waals surface area (Å²) < 4.78 is 76.6. The van der Waals surface area contributed by atoms with E-state index in [1.165, 1.54) is 202 Å². The van der Waals surface area contributed by atoms with Gasteiger partial charge in [-0.3, -0.25) is 9.97 Å². The summed E-state index contributed by atoms with van der Waals surface area (Å²) in [5.74, 6) is -4.96. The van der Waals surface area contributed by atoms with E-state index in [-0.39, 0.29) is 21.4 Å². The summed E-state index contributed by atoms with van der Waals surface area (Å²) in [4.78, 5) is 8.30. The third kappa shape index (κ3) is 10.7. The third-order valence-electron chi connectivity index (χ3n) is 8.94. The Morgan fingerprint density at radius 3 is 0.672 bits per heavy atom. The van der Waals surface area contributed by atoms with Crippen LogP contribution in [-0.2, 0) is 0 Å². The molecule has 0 atom stereocenters. The predicted molar refractivity (Wildman–Crippen MR) is 272 cm³/mol. The Morgan fingerprint density at radius 1 is 0.310 bits per heavy atom. The Labute approximate surface area is 414 Å². The molecule has 14 heteroatoms. The van der Waals surface area contributed by atoms with Gasteiger partial charge in [0.2, 0.25) is 0 Å². The van der Waals surface area contributed by atoms with Crippen LogP contribution in [0.1, 0.15) is 22.3 Å². The fourth-order valence-corrected chi connectivity index (χ4v) is 12.3. The lowest BCUT2D eigenvalue weighted by Crippen LogP contribution is -2.01. The van der Waals surface area contributed by atoms with Gasteiger partial charge in [0, 0.05) is 24.8 Å². The lowest BCUT2D eigenvalue weighted by atomic mass is 9.90. The molecule has 0 aliphatic carbocycles. The van der Waals surface area contributed by atoms with Crippen molar-refractivity contribution in [2.75, 3.05) is 0 Å². The maximum absolute atomic E-state index is 12.9. The molecule has 0 saturated heterocycles. The summed E-state index contributed by atoms with van der Waals surface area (Å²) in [5, 5.41) is 0. The highest BCUT2D eigenvalue weighted by molar-refractivity contribution is 14.1. The molecule has 0 bridgehead atoms. The molecule has 0 fully saturated rings. The van der Waals surface area contributed by atoms with Gasteiger partial charge in [-0.15, -0.1) is 0 Å². The number of hydrogen-bond donors (Lipinski definition) is 0. The molecular formula is C44H28F6I6N2. The van der Waals surface area contributed by atoms with Crippen molar-refractivity contribution in [3.8, 4) is 44.5 Å². The second-order valence-corrected chi connectivity index (χ2v) is 19.3. The summed E-state index contributed by atoms with van der Waals surface area (Å²) in [7, 11) is 0. The average Bonchev–Trinajstić information content (AvgIpc) is 3.24. The van der Waals surface area contributed by atoms with Crippen LogP contribution in [0.15, 0.2) is 97.6 Å². The zero-order valence-corrected chi connectivity index (χ0v) is 43.6. The molecule has 0 aliphatic heterocycles. The first-order valence-corrected chi connectivity index (χ1v) is 23.4. The fourth-order valence-electron chi connectivity index (χ4n) is 5.92. The highest BCUT2D eigenvalue weighted by Gasteiger charge is 2.21. The van der Waals surface area contributed by atoms with Crippen molar-refractivity contribution in [1.29, 1.82) is 0 Å². The van der Waals surface area contributed by atoms with Gasteiger partial charge < -0.3 is 0 Å². The van der Waals surface area contributed by atoms with E-state index >= 15 is 0 Å². The van der Waals surface area contributed by atoms with Gasteiger partial charge in [-0.1, -0.05) is 48.5 Å². The molecule has 0 radical (unpaired) electrons. The minimum Gasteiger partial charge on any atom is -0.265 e. The van der Waals surface area contributed by atoms with E-state index in [9.17, 15) is 26.3 Å². The lowest BCUT2D eigenvalue weighted by molar-refractivity contribution is 0.514. The Bertz CT molecular complexity index is 2240. The number of pyridine rings is 2. The molecule has 298 valence electrons. The monoisotopic (exact) mass is 1460 g/mol. The Morgan fingerprint density at radius 2 is 0.483 bits per heavy atom. The van der Waals surface area contributed by atoms with Crippen LogP contribution in [0.2, 0.25) is 0 Å². The summed E-state index contributed by atoms with van der Waals surface area (Å²) in [6.45, 7) is 8.75. The van der Waals surface area contributed by atoms with Crippen molar-refractivity contribution in [3.05, 3.63) is 176 Å². The topological polar surface area (TPSA) is 25.8 Å². The minimum atomic E-state index is -0.827. The first kappa shape index (κ1) is 47.4. The summed E-state index contributed by atoms with van der Waals surface area (Å²) >= 11 is 9.06. The number of halogens is 12. The molecule has 7 rings (SSSR count). The van der Waals surface area contributed by atoms with Crippen LogP contribution in [0.3, 0.4) is 0 Å². The third-order valence-corrected chi connectivity index (χ3v) is 14.6. The van der Waals surface area contributed by atoms with Crippen molar-refractivity contribution >= 4 is 136 Å². The summed E-state index contributed by atoms with van der Waals surface area (Å²) in [5.41, 5.74) is 15.1. The number of rotatable bonds is 4. The van der Waals surface area contributed by atoms with Crippen molar-refractivity contribution in [3.63, 3.8) is 0 Å². The SMILES string of the molecule is Cc1cc(-c2ccc(-c3cc(C)c(-c4ccncc4)cc3C)cc2)c(C)cc1-c1ccncc1.Fc1c(I)c(F)c(I)c(F)c1I.Fc1c(I)c(F)c(I)c(F)c1I. The van der Waals surface area contributed by atoms with Crippen molar-refractivity contribution in [2.24, 2.45) is 0 Å². The van der Waals surface area contributed by atoms with Crippen molar-refractivity contribution in [2.45, 2.75) is 27.7 Å². The Balaban J connectivity index is 0.000000218. The standard InChI is InChI=1S/C32H28N2.2C6F3I3/c1-21-19-31(27-9-13-33-14-10-27)23(3)17-29(21)25-5-7-26(8-6-25)30-18-24(4)32(20-22(30)2)28-11-15-34-16-12-28;2*7-1-4(10)2(8)6(12)3(9)5(1)11/h5-20H,1-4H3;;. The predicted octanol–water partition coefficient (Wildman–Crippen LogP) is 16.2. The smallest absolute Gasteiger partial charge is 0.155 e. The number of aryl methyl sites for hydroxylation is 4. The first-order chi connectivity index (χ1) is 27.4. The van der Waals surface area contributed by atoms with Gasteiger partial charge in [0.05, 0.1) is 21.4 Å². The van der Waals surface area contributed by atoms with E-state index in [1.54, 1.807) is 0 Å². The van der Waals surface area contributed by atoms with Crippen LogP contribution >= 0.6 is 136 Å². The highest BCUT2D eigenvalue weighted by Crippen LogP contribution is 2.36. The van der Waals surface area contributed by atoms with Crippen LogP contribution < -0.4 is 0 Å². The largest absolute Gasteiger partial charge is 0.265 e. The highest BCUT2D eigenvalue weighted by atomic mass is 127. The van der Waals surface area contributed by atoms with Crippen molar-refractivity contribution < 1.29 is 26.3 Å². The van der Waals surface area contributed by atoms with Crippen LogP contribution in [0, 0.1) is 84.0 Å². The van der Waals surface area contributed by atoms with Crippen LogP contribution in [-0.4, -0.2) is 9.97 Å². The Kier molecular flexibility index (Phi) is 17.1. The zero-order chi connectivity index (χ0) is 42.6. The molecule has 2 nitrogen and oxygen atoms in total. The normalized spacial score (nSPS) is 10.8. The molecule has 0 aliphatic rings. The average molecular weight is 1460 g/mol. The number of benzene rings is 5. The van der Waals surface area contributed by atoms with Crippen LogP contribution in [0.25, 0.3) is 44.5 Å². The van der Waals surface area contributed by atoms with Gasteiger partial charge >= 0.3 is 0 Å². The summed E-state index contributed by atoms with van der Waals surface area (Å²) in [6.07, 6.45) is 7.40. The molecule has 7 aromatic rings. The van der Waals surface area contributed by atoms with Gasteiger partial charge in [-0.2, -0.15) is 0 Å². The number of aromatic nitrogens is 2.